The van der Waals surface area contributed by atoms with Crippen molar-refractivity contribution in [2.24, 2.45) is 12.5 Å². The van der Waals surface area contributed by atoms with Crippen molar-refractivity contribution in [3.05, 3.63) is 87.8 Å². The predicted octanol–water partition coefficient (Wildman–Crippen LogP) is 6.24. The van der Waals surface area contributed by atoms with E-state index in [9.17, 15) is 24.4 Å². The second-order valence-corrected chi connectivity index (χ2v) is 25.5. The van der Waals surface area contributed by atoms with Crippen LogP contribution in [0.25, 0.3) is 11.1 Å². The van der Waals surface area contributed by atoms with Crippen molar-refractivity contribution in [1.29, 1.82) is 0 Å². The number of halogens is 1. The number of fused-ring (bicyclic) bond motifs is 1. The van der Waals surface area contributed by atoms with Gasteiger partial charge in [-0.2, -0.15) is 10.1 Å². The molecular weight excluding hydrogens is 1010 g/mol. The first kappa shape index (κ1) is 49.8. The summed E-state index contributed by atoms with van der Waals surface area (Å²) in [5.41, 5.74) is 8.80. The molecule has 1 saturated carbocycles. The fourth-order valence-electron chi connectivity index (χ4n) is 12.3. The van der Waals surface area contributed by atoms with E-state index in [0.717, 1.165) is 103 Å². The highest BCUT2D eigenvalue weighted by Gasteiger charge is 2.50. The molecule has 73 heavy (non-hydrogen) atoms. The van der Waals surface area contributed by atoms with Gasteiger partial charge in [0.2, 0.25) is 5.95 Å². The molecule has 6 aliphatic rings. The number of rotatable bonds is 12. The first-order valence-electron chi connectivity index (χ1n) is 25.5. The number of anilines is 6. The second kappa shape index (κ2) is 19.4. The molecular formula is C53H66BrN12O6P. The van der Waals surface area contributed by atoms with Gasteiger partial charge in [-0.1, -0.05) is 6.07 Å². The lowest BCUT2D eigenvalue weighted by Gasteiger charge is -2.58. The Morgan fingerprint density at radius 2 is 1.56 bits per heavy atom. The molecule has 1 aliphatic carbocycles. The van der Waals surface area contributed by atoms with Crippen LogP contribution in [0.2, 0.25) is 0 Å². The number of likely N-dealkylation sites (tertiary alicyclic amines) is 1. The molecule has 0 bridgehead atoms. The summed E-state index contributed by atoms with van der Waals surface area (Å²) in [6.45, 7) is 15.4. The van der Waals surface area contributed by atoms with E-state index in [2.05, 4.69) is 73.7 Å². The molecule has 7 heterocycles. The third-order valence-electron chi connectivity index (χ3n) is 16.6. The number of nitrogens with zero attached hydrogens (tertiary/aromatic N) is 9. The standard InChI is InChI=1S/C53H66BrN12O6P/c1-31-7-10-41(47(32(31)2)73(5,6)71)57-48-40(54)27-55-52(60-48)58-42-22-38(33-26-56-61(3)28-33)44(23-45(42)72-4)64-19-17-63(18-20-64)35-24-53(25-35)13-15-62(16-14-53)36-29-65(30-36)34-8-9-37-39(21-34)51(70)66(50(37)69)43-11-12-46(67)59-49(43)68/h7-10,21-23,26-28,35-36,43,46,49,59,67-68H,11-20,24-25,29-30H2,1-6H3,(H2,55,57,58,60). The van der Waals surface area contributed by atoms with Gasteiger partial charge in [0.05, 0.1) is 46.3 Å². The van der Waals surface area contributed by atoms with Crippen molar-refractivity contribution >= 4 is 74.7 Å². The van der Waals surface area contributed by atoms with Crippen LogP contribution in [0.4, 0.5) is 34.5 Å². The predicted molar refractivity (Wildman–Crippen MR) is 288 cm³/mol. The molecule has 5 aliphatic heterocycles. The fraction of sp³-hybridized carbons (Fsp3) is 0.491. The zero-order valence-corrected chi connectivity index (χ0v) is 44.9. The summed E-state index contributed by atoms with van der Waals surface area (Å²) in [7, 11) is 0.991. The second-order valence-electron chi connectivity index (χ2n) is 21.5. The molecule has 3 atom stereocenters. The number of aryl methyl sites for hydroxylation is 2. The maximum Gasteiger partial charge on any atom is 0.262 e. The number of carbonyl (C=O) groups excluding carboxylic acids is 2. The monoisotopic (exact) mass is 1080 g/mol. The Hall–Kier alpha value is -5.40. The lowest BCUT2D eigenvalue weighted by molar-refractivity contribution is -0.0529. The minimum Gasteiger partial charge on any atom is -0.494 e. The molecule has 11 rings (SSSR count). The number of hydrogen-bond donors (Lipinski definition) is 5. The minimum absolute atomic E-state index is 0.340. The number of benzene rings is 3. The summed E-state index contributed by atoms with van der Waals surface area (Å²) in [6, 6.07) is 14.1. The Morgan fingerprint density at radius 1 is 0.836 bits per heavy atom. The van der Waals surface area contributed by atoms with E-state index < -0.39 is 25.6 Å². The van der Waals surface area contributed by atoms with Crippen molar-refractivity contribution in [2.75, 3.05) is 93.2 Å². The first-order valence-corrected chi connectivity index (χ1v) is 28.9. The zero-order valence-electron chi connectivity index (χ0n) is 42.4. The summed E-state index contributed by atoms with van der Waals surface area (Å²) in [4.78, 5) is 47.6. The van der Waals surface area contributed by atoms with Crippen LogP contribution in [-0.4, -0.2) is 160 Å². The van der Waals surface area contributed by atoms with Gasteiger partial charge in [0.25, 0.3) is 11.8 Å². The molecule has 1 spiro atoms. The fourth-order valence-corrected chi connectivity index (χ4v) is 14.3. The summed E-state index contributed by atoms with van der Waals surface area (Å²) in [6.07, 6.45) is 9.25. The van der Waals surface area contributed by atoms with Crippen LogP contribution in [0.5, 0.6) is 5.75 Å². The molecule has 4 saturated heterocycles. The van der Waals surface area contributed by atoms with Gasteiger partial charge in [-0.25, -0.2) is 4.98 Å². The topological polar surface area (TPSA) is 197 Å². The molecule has 18 nitrogen and oxygen atoms in total. The highest BCUT2D eigenvalue weighted by atomic mass is 79.9. The number of piperidine rings is 2. The summed E-state index contributed by atoms with van der Waals surface area (Å²) >= 11 is 3.63. The van der Waals surface area contributed by atoms with Crippen molar-refractivity contribution in [1.82, 2.24) is 39.8 Å². The number of amides is 2. The molecule has 2 amide bonds. The van der Waals surface area contributed by atoms with Crippen LogP contribution in [0.15, 0.2) is 65.5 Å². The van der Waals surface area contributed by atoms with E-state index in [4.69, 9.17) is 9.72 Å². The minimum atomic E-state index is -2.63. The van der Waals surface area contributed by atoms with E-state index in [1.807, 2.05) is 62.2 Å². The summed E-state index contributed by atoms with van der Waals surface area (Å²) < 4.78 is 22.0. The largest absolute Gasteiger partial charge is 0.494 e. The van der Waals surface area contributed by atoms with Gasteiger partial charge in [0, 0.05) is 105 Å². The zero-order chi connectivity index (χ0) is 51.1. The molecule has 2 aromatic heterocycles. The van der Waals surface area contributed by atoms with Gasteiger partial charge in [0.15, 0.2) is 0 Å². The highest BCUT2D eigenvalue weighted by Crippen LogP contribution is 2.52. The van der Waals surface area contributed by atoms with Gasteiger partial charge in [-0.05, 0) is 142 Å². The highest BCUT2D eigenvalue weighted by molar-refractivity contribution is 9.10. The Kier molecular flexibility index (Phi) is 13.2. The number of piperazine rings is 1. The van der Waals surface area contributed by atoms with E-state index in [1.165, 1.54) is 30.6 Å². The van der Waals surface area contributed by atoms with Crippen LogP contribution >= 0.6 is 23.1 Å². The van der Waals surface area contributed by atoms with Gasteiger partial charge in [0.1, 0.15) is 31.2 Å². The van der Waals surface area contributed by atoms with E-state index in [0.29, 0.717) is 63.5 Å². The number of hydrogen-bond acceptors (Lipinski definition) is 16. The number of aliphatic hydroxyl groups excluding tert-OH is 2. The average Bonchev–Trinajstić information content (AvgIpc) is 3.88. The lowest BCUT2D eigenvalue weighted by atomic mass is 9.59. The van der Waals surface area contributed by atoms with Gasteiger partial charge in [-0.15, -0.1) is 0 Å². The van der Waals surface area contributed by atoms with Gasteiger partial charge >= 0.3 is 0 Å². The van der Waals surface area contributed by atoms with Gasteiger partial charge in [-0.3, -0.25) is 34.3 Å². The molecule has 386 valence electrons. The molecule has 3 aromatic carbocycles. The van der Waals surface area contributed by atoms with E-state index >= 15 is 0 Å². The third kappa shape index (κ3) is 9.44. The number of methoxy groups -OCH3 is 1. The summed E-state index contributed by atoms with van der Waals surface area (Å²) in [5.74, 6) is 0.821. The first-order chi connectivity index (χ1) is 35.0. The third-order valence-corrected chi connectivity index (χ3v) is 18.9. The maximum absolute atomic E-state index is 13.5. The Bertz CT molecular complexity index is 3010. The quantitative estimate of drug-likeness (QED) is 0.0695. The SMILES string of the molecule is COc1cc(N2CCN(C3CC4(CCN(C5CN(c6ccc7c(c6)C(=O)N(C6CCC(O)NC6O)C7=O)C5)CC4)C3)CC2)c(-c2cnn(C)c2)cc1Nc1ncc(Br)c(Nc2ccc(C)c(C)c2P(C)(C)=O)n1. The van der Waals surface area contributed by atoms with Gasteiger partial charge < -0.3 is 39.9 Å². The normalized spacial score (nSPS) is 22.9. The van der Waals surface area contributed by atoms with E-state index in [1.54, 1.807) is 32.7 Å². The Labute approximate surface area is 435 Å². The number of imide groups is 1. The van der Waals surface area contributed by atoms with Crippen LogP contribution in [-0.2, 0) is 11.6 Å². The van der Waals surface area contributed by atoms with Crippen LogP contribution in [0.1, 0.15) is 70.4 Å². The van der Waals surface area contributed by atoms with Crippen molar-refractivity contribution in [3.63, 3.8) is 0 Å². The van der Waals surface area contributed by atoms with Crippen LogP contribution < -0.4 is 35.8 Å². The molecule has 0 radical (unpaired) electrons. The Balaban J connectivity index is 0.696. The molecule has 5 N–H and O–H groups in total. The van der Waals surface area contributed by atoms with E-state index in [-0.39, 0.29) is 11.8 Å². The number of aromatic nitrogens is 4. The van der Waals surface area contributed by atoms with Crippen molar-refractivity contribution in [2.45, 2.75) is 83.0 Å². The van der Waals surface area contributed by atoms with Crippen LogP contribution in [0, 0.1) is 19.3 Å². The summed E-state index contributed by atoms with van der Waals surface area (Å²) in [5, 5.41) is 35.3. The Morgan fingerprint density at radius 3 is 2.25 bits per heavy atom. The molecule has 20 heteroatoms. The molecule has 5 fully saturated rings. The number of ether oxygens (including phenoxy) is 1. The number of carbonyl (C=O) groups is 2. The number of nitrogens with one attached hydrogen (secondary N) is 3. The average molecular weight is 1080 g/mol. The molecule has 3 unspecified atom stereocenters. The lowest BCUT2D eigenvalue weighted by Crippen LogP contribution is -2.64. The maximum atomic E-state index is 13.5. The van der Waals surface area contributed by atoms with Crippen LogP contribution in [0.3, 0.4) is 0 Å². The number of aliphatic hydroxyl groups is 2. The van der Waals surface area contributed by atoms with Crippen molar-refractivity contribution in [3.8, 4) is 16.9 Å². The molecule has 5 aromatic rings. The smallest absolute Gasteiger partial charge is 0.262 e. The van der Waals surface area contributed by atoms with Crippen molar-refractivity contribution < 1.29 is 29.1 Å².